The number of alkyl halides is 1. The number of methoxy groups -OCH3 is 1. The molecule has 0 aliphatic carbocycles. The molecule has 100 valence electrons. The maximum atomic E-state index is 11.7. The van der Waals surface area contributed by atoms with Gasteiger partial charge in [-0.1, -0.05) is 15.9 Å². The van der Waals surface area contributed by atoms with Gasteiger partial charge in [0.25, 0.3) is 5.91 Å². The van der Waals surface area contributed by atoms with Crippen LogP contribution in [-0.4, -0.2) is 41.2 Å². The number of carbonyl (C=O) groups excluding carboxylic acids is 1. The van der Waals surface area contributed by atoms with E-state index in [0.29, 0.717) is 13.2 Å². The van der Waals surface area contributed by atoms with Crippen LogP contribution >= 0.6 is 15.9 Å². The number of phenolic OH excluding ortho intramolecular Hbond substituents is 2. The van der Waals surface area contributed by atoms with Crippen molar-refractivity contribution >= 4 is 21.8 Å². The van der Waals surface area contributed by atoms with E-state index in [4.69, 9.17) is 9.84 Å². The number of hydrogen-bond donors (Lipinski definition) is 3. The molecular weight excluding hydrogens is 302 g/mol. The van der Waals surface area contributed by atoms with Gasteiger partial charge in [-0.2, -0.15) is 0 Å². The molecule has 0 spiro atoms. The highest BCUT2D eigenvalue weighted by Crippen LogP contribution is 2.22. The van der Waals surface area contributed by atoms with Crippen LogP contribution in [-0.2, 0) is 4.74 Å². The Morgan fingerprint density at radius 3 is 2.83 bits per heavy atom. The maximum absolute atomic E-state index is 11.7. The third-order valence-electron chi connectivity index (χ3n) is 2.32. The SMILES string of the molecule is COCC(Br)CCNC(=O)c1ccc(O)cc1O. The number of nitrogens with one attached hydrogen (secondary N) is 1. The molecule has 0 saturated heterocycles. The molecule has 0 bridgehead atoms. The minimum atomic E-state index is -0.371. The van der Waals surface area contributed by atoms with Crippen molar-refractivity contribution in [3.05, 3.63) is 23.8 Å². The molecule has 0 radical (unpaired) electrons. The van der Waals surface area contributed by atoms with Gasteiger partial charge in [0, 0.05) is 24.5 Å². The predicted molar refractivity (Wildman–Crippen MR) is 71.3 cm³/mol. The van der Waals surface area contributed by atoms with Crippen molar-refractivity contribution in [3.63, 3.8) is 0 Å². The third kappa shape index (κ3) is 4.54. The van der Waals surface area contributed by atoms with Crippen LogP contribution in [0.1, 0.15) is 16.8 Å². The van der Waals surface area contributed by atoms with Gasteiger partial charge in [-0.05, 0) is 18.6 Å². The van der Waals surface area contributed by atoms with Crippen LogP contribution in [0.2, 0.25) is 0 Å². The van der Waals surface area contributed by atoms with Gasteiger partial charge in [0.05, 0.1) is 12.2 Å². The quantitative estimate of drug-likeness (QED) is 0.697. The highest BCUT2D eigenvalue weighted by molar-refractivity contribution is 9.09. The summed E-state index contributed by atoms with van der Waals surface area (Å²) in [7, 11) is 1.61. The lowest BCUT2D eigenvalue weighted by Gasteiger charge is -2.10. The van der Waals surface area contributed by atoms with Crippen molar-refractivity contribution in [3.8, 4) is 11.5 Å². The van der Waals surface area contributed by atoms with E-state index in [9.17, 15) is 9.90 Å². The highest BCUT2D eigenvalue weighted by atomic mass is 79.9. The molecule has 1 rings (SSSR count). The van der Waals surface area contributed by atoms with Gasteiger partial charge >= 0.3 is 0 Å². The van der Waals surface area contributed by atoms with E-state index in [1.807, 2.05) is 0 Å². The number of carbonyl (C=O) groups is 1. The Bertz CT molecular complexity index is 411. The summed E-state index contributed by atoms with van der Waals surface area (Å²) in [6.07, 6.45) is 0.721. The molecule has 0 heterocycles. The Morgan fingerprint density at radius 2 is 2.22 bits per heavy atom. The number of ether oxygens (including phenoxy) is 1. The molecule has 3 N–H and O–H groups in total. The van der Waals surface area contributed by atoms with Crippen molar-refractivity contribution in [2.75, 3.05) is 20.3 Å². The fourth-order valence-electron chi connectivity index (χ4n) is 1.41. The van der Waals surface area contributed by atoms with E-state index in [1.54, 1.807) is 7.11 Å². The Morgan fingerprint density at radius 1 is 1.50 bits per heavy atom. The molecule has 0 fully saturated rings. The van der Waals surface area contributed by atoms with Gasteiger partial charge in [-0.15, -0.1) is 0 Å². The first kappa shape index (κ1) is 14.8. The third-order valence-corrected chi connectivity index (χ3v) is 3.04. The van der Waals surface area contributed by atoms with Gasteiger partial charge in [-0.25, -0.2) is 0 Å². The first-order valence-corrected chi connectivity index (χ1v) is 6.39. The summed E-state index contributed by atoms with van der Waals surface area (Å²) >= 11 is 3.41. The standard InChI is InChI=1S/C12H16BrNO4/c1-18-7-8(13)4-5-14-12(17)10-3-2-9(15)6-11(10)16/h2-3,6,8,15-16H,4-5,7H2,1H3,(H,14,17). The van der Waals surface area contributed by atoms with Crippen LogP contribution in [0.25, 0.3) is 0 Å². The van der Waals surface area contributed by atoms with Crippen molar-refractivity contribution in [2.24, 2.45) is 0 Å². The van der Waals surface area contributed by atoms with Crippen LogP contribution in [0.4, 0.5) is 0 Å². The average Bonchev–Trinajstić information content (AvgIpc) is 2.29. The molecule has 0 aliphatic heterocycles. The summed E-state index contributed by atoms with van der Waals surface area (Å²) in [5.41, 5.74) is 0.144. The van der Waals surface area contributed by atoms with E-state index in [-0.39, 0.29) is 27.8 Å². The maximum Gasteiger partial charge on any atom is 0.255 e. The first-order chi connectivity index (χ1) is 8.54. The van der Waals surface area contributed by atoms with E-state index < -0.39 is 0 Å². The molecule has 0 aromatic heterocycles. The topological polar surface area (TPSA) is 78.8 Å². The van der Waals surface area contributed by atoms with Crippen molar-refractivity contribution in [1.29, 1.82) is 0 Å². The number of benzene rings is 1. The Kier molecular flexibility index (Phi) is 5.94. The van der Waals surface area contributed by atoms with Crippen molar-refractivity contribution in [2.45, 2.75) is 11.2 Å². The van der Waals surface area contributed by atoms with Crippen molar-refractivity contribution in [1.82, 2.24) is 5.32 Å². The smallest absolute Gasteiger partial charge is 0.255 e. The van der Waals surface area contributed by atoms with Gasteiger partial charge in [-0.3, -0.25) is 4.79 Å². The number of amides is 1. The minimum absolute atomic E-state index is 0.0790. The number of halogens is 1. The zero-order valence-corrected chi connectivity index (χ0v) is 11.6. The van der Waals surface area contributed by atoms with E-state index in [0.717, 1.165) is 12.5 Å². The summed E-state index contributed by atoms with van der Waals surface area (Å²) in [6.45, 7) is 1.04. The summed E-state index contributed by atoms with van der Waals surface area (Å²) in [5.74, 6) is -0.686. The zero-order valence-electron chi connectivity index (χ0n) is 10.0. The molecule has 1 aromatic carbocycles. The lowest BCUT2D eigenvalue weighted by atomic mass is 10.1. The second kappa shape index (κ2) is 7.23. The largest absolute Gasteiger partial charge is 0.508 e. The number of rotatable bonds is 6. The Labute approximate surface area is 114 Å². The predicted octanol–water partition coefficient (Wildman–Crippen LogP) is 1.63. The van der Waals surface area contributed by atoms with Crippen LogP contribution < -0.4 is 5.32 Å². The van der Waals surface area contributed by atoms with Crippen LogP contribution in [0.3, 0.4) is 0 Å². The van der Waals surface area contributed by atoms with E-state index in [1.165, 1.54) is 12.1 Å². The summed E-state index contributed by atoms with van der Waals surface area (Å²) in [4.78, 5) is 11.9. The normalized spacial score (nSPS) is 12.1. The summed E-state index contributed by atoms with van der Waals surface area (Å²) in [5, 5.41) is 21.3. The summed E-state index contributed by atoms with van der Waals surface area (Å²) < 4.78 is 4.95. The molecule has 6 heteroatoms. The number of hydrogen-bond acceptors (Lipinski definition) is 4. The molecule has 18 heavy (non-hydrogen) atoms. The average molecular weight is 318 g/mol. The fourth-order valence-corrected chi connectivity index (χ4v) is 1.91. The molecule has 1 aromatic rings. The van der Waals surface area contributed by atoms with Crippen LogP contribution in [0.15, 0.2) is 18.2 Å². The molecule has 0 aliphatic rings. The van der Waals surface area contributed by atoms with E-state index in [2.05, 4.69) is 21.2 Å². The molecule has 1 amide bonds. The van der Waals surface area contributed by atoms with Gasteiger partial charge in [0.1, 0.15) is 11.5 Å². The fraction of sp³-hybridized carbons (Fsp3) is 0.417. The van der Waals surface area contributed by atoms with Crippen LogP contribution in [0, 0.1) is 0 Å². The molecule has 5 nitrogen and oxygen atoms in total. The highest BCUT2D eigenvalue weighted by Gasteiger charge is 2.11. The van der Waals surface area contributed by atoms with Crippen LogP contribution in [0.5, 0.6) is 11.5 Å². The lowest BCUT2D eigenvalue weighted by Crippen LogP contribution is -2.26. The first-order valence-electron chi connectivity index (χ1n) is 5.47. The zero-order chi connectivity index (χ0) is 13.5. The Hall–Kier alpha value is -1.27. The lowest BCUT2D eigenvalue weighted by molar-refractivity contribution is 0.0949. The minimum Gasteiger partial charge on any atom is -0.508 e. The summed E-state index contributed by atoms with van der Waals surface area (Å²) in [6, 6.07) is 3.86. The molecule has 1 unspecified atom stereocenters. The molecule has 0 saturated carbocycles. The van der Waals surface area contributed by atoms with Gasteiger partial charge in [0.15, 0.2) is 0 Å². The second-order valence-corrected chi connectivity index (χ2v) is 5.09. The number of phenols is 2. The molecule has 1 atom stereocenters. The Balaban J connectivity index is 2.45. The monoisotopic (exact) mass is 317 g/mol. The van der Waals surface area contributed by atoms with Gasteiger partial charge < -0.3 is 20.3 Å². The van der Waals surface area contributed by atoms with Gasteiger partial charge in [0.2, 0.25) is 0 Å². The van der Waals surface area contributed by atoms with E-state index >= 15 is 0 Å². The molecular formula is C12H16BrNO4. The number of aromatic hydroxyl groups is 2. The van der Waals surface area contributed by atoms with Crippen molar-refractivity contribution < 1.29 is 19.7 Å². The second-order valence-electron chi connectivity index (χ2n) is 3.80.